The van der Waals surface area contributed by atoms with Gasteiger partial charge in [-0.1, -0.05) is 6.92 Å². The van der Waals surface area contributed by atoms with Crippen LogP contribution >= 0.6 is 12.4 Å². The number of nitrogens with one attached hydrogen (secondary N) is 2. The number of halogens is 1. The minimum Gasteiger partial charge on any atom is -0.494 e. The molecule has 1 unspecified atom stereocenters. The lowest BCUT2D eigenvalue weighted by molar-refractivity contribution is -0.119. The van der Waals surface area contributed by atoms with Crippen LogP contribution in [0.2, 0.25) is 0 Å². The maximum atomic E-state index is 11.9. The molecular weight excluding hydrogens is 292 g/mol. The van der Waals surface area contributed by atoms with Crippen molar-refractivity contribution in [3.05, 3.63) is 24.3 Å². The summed E-state index contributed by atoms with van der Waals surface area (Å²) in [5.74, 6) is 0.797. The monoisotopic (exact) mass is 314 g/mol. The standard InChI is InChI=1S/C15H22N2O3.ClH/c1-2-8-19-13-5-3-12(4-6-13)17-15(18)10-14-11-16-7-9-20-14;/h3-6,14,16H,2,7-11H2,1H3,(H,17,18);1H. The van der Waals surface area contributed by atoms with E-state index in [1.165, 1.54) is 0 Å². The van der Waals surface area contributed by atoms with Crippen LogP contribution < -0.4 is 15.4 Å². The van der Waals surface area contributed by atoms with Crippen molar-refractivity contribution < 1.29 is 14.3 Å². The molecule has 2 rings (SSSR count). The number of morpholine rings is 1. The highest BCUT2D eigenvalue weighted by atomic mass is 35.5. The molecule has 21 heavy (non-hydrogen) atoms. The number of carbonyl (C=O) groups is 1. The number of ether oxygens (including phenoxy) is 2. The van der Waals surface area contributed by atoms with Crippen LogP contribution in [0.5, 0.6) is 5.75 Å². The Morgan fingerprint density at radius 1 is 1.43 bits per heavy atom. The van der Waals surface area contributed by atoms with Crippen LogP contribution in [0.3, 0.4) is 0 Å². The molecule has 0 aromatic heterocycles. The fourth-order valence-corrected chi connectivity index (χ4v) is 2.02. The molecule has 5 nitrogen and oxygen atoms in total. The van der Waals surface area contributed by atoms with Gasteiger partial charge in [-0.25, -0.2) is 0 Å². The summed E-state index contributed by atoms with van der Waals surface area (Å²) in [6.45, 7) is 5.03. The second-order valence-corrected chi connectivity index (χ2v) is 4.82. The van der Waals surface area contributed by atoms with E-state index in [1.54, 1.807) is 0 Å². The number of rotatable bonds is 6. The van der Waals surface area contributed by atoms with E-state index in [0.717, 1.165) is 30.9 Å². The second-order valence-electron chi connectivity index (χ2n) is 4.82. The first-order chi connectivity index (χ1) is 9.78. The Kier molecular flexibility index (Phi) is 8.12. The van der Waals surface area contributed by atoms with Gasteiger partial charge in [0.25, 0.3) is 0 Å². The maximum Gasteiger partial charge on any atom is 0.227 e. The van der Waals surface area contributed by atoms with Gasteiger partial charge in [-0.2, -0.15) is 0 Å². The molecule has 1 aliphatic heterocycles. The Labute approximate surface area is 131 Å². The number of amides is 1. The van der Waals surface area contributed by atoms with Gasteiger partial charge in [0.1, 0.15) is 5.75 Å². The Hall–Kier alpha value is -1.30. The quantitative estimate of drug-likeness (QED) is 0.845. The lowest BCUT2D eigenvalue weighted by Gasteiger charge is -2.23. The minimum atomic E-state index is -0.0316. The summed E-state index contributed by atoms with van der Waals surface area (Å²) in [6, 6.07) is 7.43. The summed E-state index contributed by atoms with van der Waals surface area (Å²) in [5.41, 5.74) is 0.780. The molecule has 1 amide bonds. The summed E-state index contributed by atoms with van der Waals surface area (Å²) in [5, 5.41) is 6.08. The van der Waals surface area contributed by atoms with Crippen molar-refractivity contribution in [2.75, 3.05) is 31.6 Å². The highest BCUT2D eigenvalue weighted by Gasteiger charge is 2.17. The summed E-state index contributed by atoms with van der Waals surface area (Å²) in [6.07, 6.45) is 1.32. The fourth-order valence-electron chi connectivity index (χ4n) is 2.02. The van der Waals surface area contributed by atoms with Crippen LogP contribution in [0, 0.1) is 0 Å². The highest BCUT2D eigenvalue weighted by Crippen LogP contribution is 2.16. The summed E-state index contributed by atoms with van der Waals surface area (Å²) in [4.78, 5) is 11.9. The van der Waals surface area contributed by atoms with Gasteiger partial charge in [-0.05, 0) is 30.7 Å². The first-order valence-electron chi connectivity index (χ1n) is 7.13. The van der Waals surface area contributed by atoms with Gasteiger partial charge in [0.05, 0.1) is 25.7 Å². The Balaban J connectivity index is 0.00000220. The molecule has 1 aliphatic rings. The summed E-state index contributed by atoms with van der Waals surface area (Å²) in [7, 11) is 0. The summed E-state index contributed by atoms with van der Waals surface area (Å²) >= 11 is 0. The number of hydrogen-bond donors (Lipinski definition) is 2. The molecule has 0 radical (unpaired) electrons. The minimum absolute atomic E-state index is 0. The van der Waals surface area contributed by atoms with Gasteiger partial charge in [-0.3, -0.25) is 4.79 Å². The third kappa shape index (κ3) is 6.33. The van der Waals surface area contributed by atoms with E-state index in [9.17, 15) is 4.79 Å². The Bertz CT molecular complexity index is 419. The third-order valence-electron chi connectivity index (χ3n) is 3.03. The fraction of sp³-hybridized carbons (Fsp3) is 0.533. The average Bonchev–Trinajstić information content (AvgIpc) is 2.47. The van der Waals surface area contributed by atoms with E-state index in [2.05, 4.69) is 17.6 Å². The largest absolute Gasteiger partial charge is 0.494 e. The maximum absolute atomic E-state index is 11.9. The molecule has 0 aliphatic carbocycles. The van der Waals surface area contributed by atoms with Crippen molar-refractivity contribution in [1.29, 1.82) is 0 Å². The van der Waals surface area contributed by atoms with Crippen LogP contribution in [0.25, 0.3) is 0 Å². The lowest BCUT2D eigenvalue weighted by atomic mass is 10.2. The predicted octanol–water partition coefficient (Wildman–Crippen LogP) is 2.21. The van der Waals surface area contributed by atoms with E-state index in [0.29, 0.717) is 19.6 Å². The third-order valence-corrected chi connectivity index (χ3v) is 3.03. The molecule has 0 spiro atoms. The molecule has 6 heteroatoms. The Morgan fingerprint density at radius 2 is 2.19 bits per heavy atom. The van der Waals surface area contributed by atoms with Crippen LogP contribution in [-0.4, -0.2) is 38.3 Å². The van der Waals surface area contributed by atoms with E-state index < -0.39 is 0 Å². The van der Waals surface area contributed by atoms with Crippen molar-refractivity contribution in [1.82, 2.24) is 5.32 Å². The van der Waals surface area contributed by atoms with Crippen LogP contribution in [0.15, 0.2) is 24.3 Å². The van der Waals surface area contributed by atoms with Gasteiger partial charge >= 0.3 is 0 Å². The van der Waals surface area contributed by atoms with Crippen molar-refractivity contribution in [3.63, 3.8) is 0 Å². The van der Waals surface area contributed by atoms with Gasteiger partial charge in [0.15, 0.2) is 0 Å². The zero-order chi connectivity index (χ0) is 14.2. The van der Waals surface area contributed by atoms with Crippen molar-refractivity contribution in [2.45, 2.75) is 25.9 Å². The van der Waals surface area contributed by atoms with Crippen molar-refractivity contribution in [2.24, 2.45) is 0 Å². The average molecular weight is 315 g/mol. The molecule has 1 aromatic carbocycles. The smallest absolute Gasteiger partial charge is 0.227 e. The molecular formula is C15H23ClN2O3. The zero-order valence-corrected chi connectivity index (χ0v) is 13.1. The topological polar surface area (TPSA) is 59.6 Å². The van der Waals surface area contributed by atoms with Gasteiger partial charge in [-0.15, -0.1) is 12.4 Å². The van der Waals surface area contributed by atoms with Crippen LogP contribution in [0.4, 0.5) is 5.69 Å². The van der Waals surface area contributed by atoms with Gasteiger partial charge in [0, 0.05) is 18.8 Å². The van der Waals surface area contributed by atoms with Crippen molar-refractivity contribution in [3.8, 4) is 5.75 Å². The molecule has 1 atom stereocenters. The lowest BCUT2D eigenvalue weighted by Crippen LogP contribution is -2.40. The van der Waals surface area contributed by atoms with Crippen LogP contribution in [0.1, 0.15) is 19.8 Å². The summed E-state index contributed by atoms with van der Waals surface area (Å²) < 4.78 is 11.0. The second kappa shape index (κ2) is 9.60. The number of benzene rings is 1. The number of anilines is 1. The van der Waals surface area contributed by atoms with E-state index in [1.807, 2.05) is 24.3 Å². The van der Waals surface area contributed by atoms with Crippen molar-refractivity contribution >= 4 is 24.0 Å². The normalized spacial score (nSPS) is 17.7. The molecule has 1 heterocycles. The SMILES string of the molecule is CCCOc1ccc(NC(=O)CC2CNCCO2)cc1.Cl. The van der Waals surface area contributed by atoms with E-state index in [-0.39, 0.29) is 24.4 Å². The molecule has 1 aromatic rings. The molecule has 1 fully saturated rings. The zero-order valence-electron chi connectivity index (χ0n) is 12.3. The molecule has 0 saturated carbocycles. The predicted molar refractivity (Wildman–Crippen MR) is 85.3 cm³/mol. The Morgan fingerprint density at radius 3 is 2.81 bits per heavy atom. The highest BCUT2D eigenvalue weighted by molar-refractivity contribution is 5.91. The van der Waals surface area contributed by atoms with Gasteiger partial charge < -0.3 is 20.1 Å². The number of hydrogen-bond acceptors (Lipinski definition) is 4. The molecule has 118 valence electrons. The molecule has 1 saturated heterocycles. The first kappa shape index (κ1) is 17.8. The van der Waals surface area contributed by atoms with Gasteiger partial charge in [0.2, 0.25) is 5.91 Å². The van der Waals surface area contributed by atoms with E-state index >= 15 is 0 Å². The van der Waals surface area contributed by atoms with E-state index in [4.69, 9.17) is 9.47 Å². The molecule has 0 bridgehead atoms. The van der Waals surface area contributed by atoms with Crippen LogP contribution in [-0.2, 0) is 9.53 Å². The number of carbonyl (C=O) groups excluding carboxylic acids is 1. The molecule has 2 N–H and O–H groups in total. The first-order valence-corrected chi connectivity index (χ1v) is 7.13.